The lowest BCUT2D eigenvalue weighted by Crippen LogP contribution is -2.44. The van der Waals surface area contributed by atoms with E-state index in [1.807, 2.05) is 0 Å². The van der Waals surface area contributed by atoms with Crippen molar-refractivity contribution in [2.45, 2.75) is 37.8 Å². The molecular weight excluding hydrogens is 312 g/mol. The summed E-state index contributed by atoms with van der Waals surface area (Å²) >= 11 is 5.30. The summed E-state index contributed by atoms with van der Waals surface area (Å²) in [4.78, 5) is 1.26. The van der Waals surface area contributed by atoms with Crippen LogP contribution in [0.2, 0.25) is 0 Å². The summed E-state index contributed by atoms with van der Waals surface area (Å²) in [6.07, 6.45) is 4.75. The van der Waals surface area contributed by atoms with Crippen molar-refractivity contribution >= 4 is 27.3 Å². The van der Waals surface area contributed by atoms with E-state index in [1.165, 1.54) is 17.7 Å². The Labute approximate surface area is 121 Å². The van der Waals surface area contributed by atoms with E-state index < -0.39 is 0 Å². The van der Waals surface area contributed by atoms with Crippen LogP contribution in [0, 0.1) is 5.92 Å². The highest BCUT2D eigenvalue weighted by Crippen LogP contribution is 2.31. The molecule has 0 spiro atoms. The van der Waals surface area contributed by atoms with Gasteiger partial charge in [-0.05, 0) is 46.1 Å². The fourth-order valence-electron chi connectivity index (χ4n) is 2.71. The first-order valence-corrected chi connectivity index (χ1v) is 8.23. The number of aliphatic hydroxyl groups excluding tert-OH is 1. The monoisotopic (exact) mass is 332 g/mol. The maximum atomic E-state index is 9.45. The van der Waals surface area contributed by atoms with Gasteiger partial charge in [-0.2, -0.15) is 0 Å². The number of rotatable bonds is 5. The molecule has 4 N–H and O–H groups in total. The minimum absolute atomic E-state index is 0.191. The Morgan fingerprint density at radius 3 is 2.89 bits per heavy atom. The van der Waals surface area contributed by atoms with E-state index in [4.69, 9.17) is 5.73 Å². The van der Waals surface area contributed by atoms with Gasteiger partial charge in [-0.3, -0.25) is 0 Å². The Kier molecular flexibility index (Phi) is 5.63. The van der Waals surface area contributed by atoms with E-state index in [-0.39, 0.29) is 12.6 Å². The first-order valence-electron chi connectivity index (χ1n) is 6.56. The minimum atomic E-state index is 0.191. The van der Waals surface area contributed by atoms with Crippen LogP contribution in [0.4, 0.5) is 0 Å². The van der Waals surface area contributed by atoms with Crippen molar-refractivity contribution in [3.05, 3.63) is 20.8 Å². The van der Waals surface area contributed by atoms with Crippen LogP contribution < -0.4 is 11.1 Å². The highest BCUT2D eigenvalue weighted by molar-refractivity contribution is 9.10. The number of nitrogens with two attached hydrogens (primary N) is 1. The third kappa shape index (κ3) is 3.33. The Morgan fingerprint density at radius 1 is 1.50 bits per heavy atom. The maximum Gasteiger partial charge on any atom is 0.0552 e. The molecule has 1 aromatic rings. The predicted octanol–water partition coefficient (Wildman–Crippen LogP) is 2.65. The fraction of sp³-hybridized carbons (Fsp3) is 0.692. The molecule has 0 saturated heterocycles. The molecule has 0 bridgehead atoms. The molecule has 1 fully saturated rings. The van der Waals surface area contributed by atoms with E-state index in [0.29, 0.717) is 18.5 Å². The molecule has 1 saturated carbocycles. The van der Waals surface area contributed by atoms with Gasteiger partial charge >= 0.3 is 0 Å². The topological polar surface area (TPSA) is 58.3 Å². The zero-order valence-electron chi connectivity index (χ0n) is 10.4. The fourth-order valence-corrected chi connectivity index (χ4v) is 4.43. The first kappa shape index (κ1) is 14.5. The average Bonchev–Trinajstić information content (AvgIpc) is 2.82. The molecule has 5 heteroatoms. The van der Waals surface area contributed by atoms with Gasteiger partial charge in [-0.1, -0.05) is 12.8 Å². The van der Waals surface area contributed by atoms with Crippen molar-refractivity contribution in [3.8, 4) is 0 Å². The second-order valence-corrected chi connectivity index (χ2v) is 6.72. The zero-order valence-corrected chi connectivity index (χ0v) is 12.8. The predicted molar refractivity (Wildman–Crippen MR) is 79.8 cm³/mol. The molecule has 0 radical (unpaired) electrons. The van der Waals surface area contributed by atoms with Crippen molar-refractivity contribution in [1.29, 1.82) is 0 Å². The number of nitrogens with one attached hydrogen (secondary N) is 1. The normalized spacial score (nSPS) is 26.2. The number of aliphatic hydroxyl groups is 1. The van der Waals surface area contributed by atoms with Gasteiger partial charge in [0.15, 0.2) is 0 Å². The van der Waals surface area contributed by atoms with E-state index >= 15 is 0 Å². The first-order chi connectivity index (χ1) is 8.76. The summed E-state index contributed by atoms with van der Waals surface area (Å²) in [6, 6.07) is 2.65. The second-order valence-electron chi connectivity index (χ2n) is 4.92. The standard InChI is InChI=1S/C13H21BrN2OS/c14-10-5-6-18-13(10)12(7-15)16-11-4-2-1-3-9(11)8-17/h5-6,9,11-12,16-17H,1-4,7-8,15H2. The lowest BCUT2D eigenvalue weighted by molar-refractivity contribution is 0.146. The van der Waals surface area contributed by atoms with Crippen LogP contribution in [0.1, 0.15) is 36.6 Å². The lowest BCUT2D eigenvalue weighted by Gasteiger charge is -2.34. The van der Waals surface area contributed by atoms with Crippen molar-refractivity contribution in [1.82, 2.24) is 5.32 Å². The molecule has 1 aliphatic rings. The third-order valence-corrected chi connectivity index (χ3v) is 5.74. The number of thiophene rings is 1. The van der Waals surface area contributed by atoms with Crippen molar-refractivity contribution in [2.75, 3.05) is 13.2 Å². The van der Waals surface area contributed by atoms with Crippen molar-refractivity contribution in [3.63, 3.8) is 0 Å². The maximum absolute atomic E-state index is 9.45. The van der Waals surface area contributed by atoms with Crippen LogP contribution in [-0.2, 0) is 0 Å². The van der Waals surface area contributed by atoms with Crippen molar-refractivity contribution < 1.29 is 5.11 Å². The number of halogens is 1. The molecule has 0 amide bonds. The van der Waals surface area contributed by atoms with Gasteiger partial charge in [0, 0.05) is 28.5 Å². The summed E-state index contributed by atoms with van der Waals surface area (Å²) in [7, 11) is 0. The number of hydrogen-bond donors (Lipinski definition) is 3. The summed E-state index contributed by atoms with van der Waals surface area (Å²) in [5.74, 6) is 0.381. The van der Waals surface area contributed by atoms with Gasteiger partial charge in [0.2, 0.25) is 0 Å². The van der Waals surface area contributed by atoms with Gasteiger partial charge in [0.1, 0.15) is 0 Å². The summed E-state index contributed by atoms with van der Waals surface area (Å²) in [5.41, 5.74) is 5.90. The molecule has 3 nitrogen and oxygen atoms in total. The molecule has 1 aromatic heterocycles. The van der Waals surface area contributed by atoms with Crippen molar-refractivity contribution in [2.24, 2.45) is 11.7 Å². The highest BCUT2D eigenvalue weighted by Gasteiger charge is 2.27. The van der Waals surface area contributed by atoms with Gasteiger partial charge in [-0.25, -0.2) is 0 Å². The van der Waals surface area contributed by atoms with E-state index in [2.05, 4.69) is 32.7 Å². The molecule has 0 aromatic carbocycles. The van der Waals surface area contributed by atoms with Crippen LogP contribution in [0.3, 0.4) is 0 Å². The van der Waals surface area contributed by atoms with Gasteiger partial charge < -0.3 is 16.2 Å². The largest absolute Gasteiger partial charge is 0.396 e. The summed E-state index contributed by atoms with van der Waals surface area (Å²) in [5, 5.41) is 15.2. The molecule has 3 unspecified atom stereocenters. The molecule has 2 rings (SSSR count). The average molecular weight is 333 g/mol. The van der Waals surface area contributed by atoms with Gasteiger partial charge in [-0.15, -0.1) is 11.3 Å². The Bertz CT molecular complexity index is 372. The van der Waals surface area contributed by atoms with E-state index in [0.717, 1.165) is 17.3 Å². The van der Waals surface area contributed by atoms with Crippen LogP contribution in [0.5, 0.6) is 0 Å². The van der Waals surface area contributed by atoms with E-state index in [9.17, 15) is 5.11 Å². The third-order valence-electron chi connectivity index (χ3n) is 3.76. The smallest absolute Gasteiger partial charge is 0.0552 e. The van der Waals surface area contributed by atoms with Crippen LogP contribution in [0.25, 0.3) is 0 Å². The molecule has 102 valence electrons. The highest BCUT2D eigenvalue weighted by atomic mass is 79.9. The van der Waals surface area contributed by atoms with Crippen LogP contribution in [-0.4, -0.2) is 24.3 Å². The Balaban J connectivity index is 2.03. The van der Waals surface area contributed by atoms with Crippen LogP contribution >= 0.6 is 27.3 Å². The van der Waals surface area contributed by atoms with Crippen LogP contribution in [0.15, 0.2) is 15.9 Å². The molecule has 1 aliphatic carbocycles. The molecule has 18 heavy (non-hydrogen) atoms. The molecule has 1 heterocycles. The van der Waals surface area contributed by atoms with Gasteiger partial charge in [0.05, 0.1) is 6.04 Å². The Morgan fingerprint density at radius 2 is 2.28 bits per heavy atom. The molecule has 0 aliphatic heterocycles. The second kappa shape index (κ2) is 7.01. The Hall–Kier alpha value is 0.0600. The lowest BCUT2D eigenvalue weighted by atomic mass is 9.84. The molecular formula is C13H21BrN2OS. The minimum Gasteiger partial charge on any atom is -0.396 e. The van der Waals surface area contributed by atoms with E-state index in [1.54, 1.807) is 11.3 Å². The molecule has 3 atom stereocenters. The summed E-state index contributed by atoms with van der Waals surface area (Å²) < 4.78 is 1.13. The number of hydrogen-bond acceptors (Lipinski definition) is 4. The summed E-state index contributed by atoms with van der Waals surface area (Å²) in [6.45, 7) is 0.869. The SMILES string of the molecule is NCC(NC1CCCCC1CO)c1sccc1Br. The zero-order chi connectivity index (χ0) is 13.0. The van der Waals surface area contributed by atoms with Gasteiger partial charge in [0.25, 0.3) is 0 Å². The quantitative estimate of drug-likeness (QED) is 0.776.